The standard InChI is InChI=1S/C13H18FNO2/c1-13(2)16-9-12(17-13)8-15-7-10-3-5-11(14)6-4-10/h3-6,12,15H,7-9H2,1-2H3. The smallest absolute Gasteiger partial charge is 0.163 e. The van der Waals surface area contributed by atoms with Crippen molar-refractivity contribution in [3.8, 4) is 0 Å². The first-order valence-electron chi connectivity index (χ1n) is 5.82. The van der Waals surface area contributed by atoms with Gasteiger partial charge in [0.2, 0.25) is 0 Å². The van der Waals surface area contributed by atoms with Gasteiger partial charge in [0, 0.05) is 13.1 Å². The summed E-state index contributed by atoms with van der Waals surface area (Å²) in [5.41, 5.74) is 1.06. The summed E-state index contributed by atoms with van der Waals surface area (Å²) in [5.74, 6) is -0.676. The minimum atomic E-state index is -0.470. The monoisotopic (exact) mass is 239 g/mol. The molecule has 4 heteroatoms. The Morgan fingerprint density at radius 1 is 1.35 bits per heavy atom. The molecule has 1 unspecified atom stereocenters. The van der Waals surface area contributed by atoms with Gasteiger partial charge in [-0.05, 0) is 31.5 Å². The van der Waals surface area contributed by atoms with Crippen LogP contribution >= 0.6 is 0 Å². The van der Waals surface area contributed by atoms with Crippen molar-refractivity contribution in [3.05, 3.63) is 35.6 Å². The normalized spacial score (nSPS) is 22.9. The highest BCUT2D eigenvalue weighted by Gasteiger charge is 2.32. The van der Waals surface area contributed by atoms with Crippen LogP contribution in [0.2, 0.25) is 0 Å². The highest BCUT2D eigenvalue weighted by atomic mass is 19.1. The topological polar surface area (TPSA) is 30.5 Å². The molecule has 1 saturated heterocycles. The van der Waals surface area contributed by atoms with Gasteiger partial charge in [-0.25, -0.2) is 4.39 Å². The number of nitrogens with one attached hydrogen (secondary N) is 1. The fourth-order valence-corrected chi connectivity index (χ4v) is 1.84. The van der Waals surface area contributed by atoms with E-state index in [1.807, 2.05) is 13.8 Å². The van der Waals surface area contributed by atoms with Crippen LogP contribution in [0.1, 0.15) is 19.4 Å². The van der Waals surface area contributed by atoms with Gasteiger partial charge in [0.25, 0.3) is 0 Å². The van der Waals surface area contributed by atoms with Gasteiger partial charge in [-0.3, -0.25) is 0 Å². The molecule has 1 aromatic rings. The van der Waals surface area contributed by atoms with Crippen molar-refractivity contribution in [1.82, 2.24) is 5.32 Å². The van der Waals surface area contributed by atoms with E-state index in [1.165, 1.54) is 12.1 Å². The molecule has 0 radical (unpaired) electrons. The lowest BCUT2D eigenvalue weighted by atomic mass is 10.2. The molecule has 0 amide bonds. The Labute approximate surface area is 101 Å². The van der Waals surface area contributed by atoms with E-state index in [2.05, 4.69) is 5.32 Å². The largest absolute Gasteiger partial charge is 0.348 e. The summed E-state index contributed by atoms with van der Waals surface area (Å²) in [7, 11) is 0. The van der Waals surface area contributed by atoms with E-state index in [0.717, 1.165) is 12.1 Å². The summed E-state index contributed by atoms with van der Waals surface area (Å²) in [4.78, 5) is 0. The minimum Gasteiger partial charge on any atom is -0.348 e. The van der Waals surface area contributed by atoms with Crippen LogP contribution in [0, 0.1) is 5.82 Å². The zero-order valence-electron chi connectivity index (χ0n) is 10.2. The van der Waals surface area contributed by atoms with Gasteiger partial charge < -0.3 is 14.8 Å². The van der Waals surface area contributed by atoms with E-state index in [-0.39, 0.29) is 11.9 Å². The zero-order chi connectivity index (χ0) is 12.3. The first-order chi connectivity index (χ1) is 8.05. The maximum atomic E-state index is 12.7. The van der Waals surface area contributed by atoms with Gasteiger partial charge >= 0.3 is 0 Å². The Balaban J connectivity index is 1.71. The van der Waals surface area contributed by atoms with E-state index < -0.39 is 5.79 Å². The van der Waals surface area contributed by atoms with Crippen molar-refractivity contribution >= 4 is 0 Å². The predicted octanol–water partition coefficient (Wildman–Crippen LogP) is 2.07. The third-order valence-corrected chi connectivity index (χ3v) is 2.68. The summed E-state index contributed by atoms with van der Waals surface area (Å²) in [5, 5.41) is 3.27. The molecule has 1 heterocycles. The summed E-state index contributed by atoms with van der Waals surface area (Å²) in [6, 6.07) is 6.49. The minimum absolute atomic E-state index is 0.0884. The molecule has 1 aliphatic heterocycles. The van der Waals surface area contributed by atoms with Crippen molar-refractivity contribution in [2.24, 2.45) is 0 Å². The van der Waals surface area contributed by atoms with Crippen molar-refractivity contribution in [2.45, 2.75) is 32.3 Å². The summed E-state index contributed by atoms with van der Waals surface area (Å²) >= 11 is 0. The molecule has 0 aliphatic carbocycles. The summed E-state index contributed by atoms with van der Waals surface area (Å²) in [6.45, 7) is 5.88. The first kappa shape index (κ1) is 12.5. The Kier molecular flexibility index (Phi) is 3.76. The molecule has 1 N–H and O–H groups in total. The Hall–Kier alpha value is -0.970. The Morgan fingerprint density at radius 2 is 2.06 bits per heavy atom. The van der Waals surface area contributed by atoms with E-state index in [1.54, 1.807) is 12.1 Å². The molecule has 1 fully saturated rings. The first-order valence-corrected chi connectivity index (χ1v) is 5.82. The summed E-state index contributed by atoms with van der Waals surface area (Å²) in [6.07, 6.45) is 0.0884. The molecule has 0 bridgehead atoms. The molecule has 1 atom stereocenters. The number of benzene rings is 1. The zero-order valence-corrected chi connectivity index (χ0v) is 10.2. The van der Waals surface area contributed by atoms with Crippen LogP contribution in [0.25, 0.3) is 0 Å². The highest BCUT2D eigenvalue weighted by molar-refractivity contribution is 5.15. The van der Waals surface area contributed by atoms with Crippen LogP contribution < -0.4 is 5.32 Å². The molecule has 17 heavy (non-hydrogen) atoms. The third kappa shape index (κ3) is 3.77. The molecule has 0 aromatic heterocycles. The van der Waals surface area contributed by atoms with Crippen LogP contribution in [0.5, 0.6) is 0 Å². The quantitative estimate of drug-likeness (QED) is 0.872. The molecule has 94 valence electrons. The van der Waals surface area contributed by atoms with Gasteiger partial charge in [0.05, 0.1) is 12.7 Å². The van der Waals surface area contributed by atoms with Gasteiger partial charge in [0.15, 0.2) is 5.79 Å². The van der Waals surface area contributed by atoms with Crippen molar-refractivity contribution in [1.29, 1.82) is 0 Å². The van der Waals surface area contributed by atoms with Crippen LogP contribution in [-0.4, -0.2) is 25.0 Å². The van der Waals surface area contributed by atoms with Crippen LogP contribution in [-0.2, 0) is 16.0 Å². The molecule has 1 aliphatic rings. The lowest BCUT2D eigenvalue weighted by Gasteiger charge is -2.17. The van der Waals surface area contributed by atoms with E-state index >= 15 is 0 Å². The lowest BCUT2D eigenvalue weighted by molar-refractivity contribution is -0.137. The molecular weight excluding hydrogens is 221 g/mol. The maximum absolute atomic E-state index is 12.7. The van der Waals surface area contributed by atoms with Crippen molar-refractivity contribution in [2.75, 3.05) is 13.2 Å². The van der Waals surface area contributed by atoms with Gasteiger partial charge in [0.1, 0.15) is 5.82 Å². The number of hydrogen-bond donors (Lipinski definition) is 1. The Morgan fingerprint density at radius 3 is 2.65 bits per heavy atom. The lowest BCUT2D eigenvalue weighted by Crippen LogP contribution is -2.30. The molecule has 2 rings (SSSR count). The summed E-state index contributed by atoms with van der Waals surface area (Å²) < 4.78 is 23.8. The van der Waals surface area contributed by atoms with E-state index in [0.29, 0.717) is 13.2 Å². The maximum Gasteiger partial charge on any atom is 0.163 e. The van der Waals surface area contributed by atoms with Crippen molar-refractivity contribution in [3.63, 3.8) is 0 Å². The molecular formula is C13H18FNO2. The highest BCUT2D eigenvalue weighted by Crippen LogP contribution is 2.21. The van der Waals surface area contributed by atoms with Gasteiger partial charge in [-0.1, -0.05) is 12.1 Å². The SMILES string of the molecule is CC1(C)OCC(CNCc2ccc(F)cc2)O1. The number of rotatable bonds is 4. The van der Waals surface area contributed by atoms with Crippen LogP contribution in [0.3, 0.4) is 0 Å². The van der Waals surface area contributed by atoms with Crippen molar-refractivity contribution < 1.29 is 13.9 Å². The van der Waals surface area contributed by atoms with Gasteiger partial charge in [-0.2, -0.15) is 0 Å². The van der Waals surface area contributed by atoms with Crippen LogP contribution in [0.4, 0.5) is 4.39 Å². The second kappa shape index (κ2) is 5.12. The molecule has 1 aromatic carbocycles. The fraction of sp³-hybridized carbons (Fsp3) is 0.538. The molecule has 0 saturated carbocycles. The predicted molar refractivity (Wildman–Crippen MR) is 63.0 cm³/mol. The number of halogens is 1. The average molecular weight is 239 g/mol. The molecule has 0 spiro atoms. The fourth-order valence-electron chi connectivity index (χ4n) is 1.84. The van der Waals surface area contributed by atoms with Gasteiger partial charge in [-0.15, -0.1) is 0 Å². The second-order valence-corrected chi connectivity index (χ2v) is 4.71. The van der Waals surface area contributed by atoms with E-state index in [4.69, 9.17) is 9.47 Å². The Bertz CT molecular complexity index is 364. The average Bonchev–Trinajstić information content (AvgIpc) is 2.61. The second-order valence-electron chi connectivity index (χ2n) is 4.71. The third-order valence-electron chi connectivity index (χ3n) is 2.68. The molecule has 3 nitrogen and oxygen atoms in total. The number of hydrogen-bond acceptors (Lipinski definition) is 3. The van der Waals surface area contributed by atoms with E-state index in [9.17, 15) is 4.39 Å². The number of ether oxygens (including phenoxy) is 2. The van der Waals surface area contributed by atoms with Crippen LogP contribution in [0.15, 0.2) is 24.3 Å².